The Kier molecular flexibility index (Phi) is 5.72. The molecular formula is C22H26F2N6O. The Morgan fingerprint density at radius 1 is 1.06 bits per heavy atom. The molecule has 3 aromatic rings. The van der Waals surface area contributed by atoms with Gasteiger partial charge in [0.15, 0.2) is 11.6 Å². The van der Waals surface area contributed by atoms with E-state index < -0.39 is 17.2 Å². The van der Waals surface area contributed by atoms with Crippen LogP contribution in [0.15, 0.2) is 30.5 Å². The van der Waals surface area contributed by atoms with Gasteiger partial charge in [-0.05, 0) is 38.1 Å². The van der Waals surface area contributed by atoms with Crippen molar-refractivity contribution >= 4 is 22.7 Å². The molecule has 4 rings (SSSR count). The lowest BCUT2D eigenvalue weighted by Gasteiger charge is -2.35. The Morgan fingerprint density at radius 3 is 2.52 bits per heavy atom. The van der Waals surface area contributed by atoms with Gasteiger partial charge in [-0.1, -0.05) is 0 Å². The molecular weight excluding hydrogens is 402 g/mol. The largest absolute Gasteiger partial charge is 0.390 e. The van der Waals surface area contributed by atoms with E-state index in [2.05, 4.69) is 19.8 Å². The number of anilines is 2. The monoisotopic (exact) mass is 428 g/mol. The zero-order valence-electron chi connectivity index (χ0n) is 17.6. The minimum Gasteiger partial charge on any atom is -0.390 e. The normalized spacial score (nSPS) is 15.6. The van der Waals surface area contributed by atoms with Crippen molar-refractivity contribution in [1.82, 2.24) is 19.9 Å². The highest BCUT2D eigenvalue weighted by Crippen LogP contribution is 2.25. The summed E-state index contributed by atoms with van der Waals surface area (Å²) in [6.45, 7) is 6.42. The van der Waals surface area contributed by atoms with E-state index in [1.54, 1.807) is 20.0 Å². The second-order valence-corrected chi connectivity index (χ2v) is 8.58. The first kappa shape index (κ1) is 21.3. The third-order valence-corrected chi connectivity index (χ3v) is 5.30. The minimum atomic E-state index is -0.873. The number of pyridine rings is 1. The first-order valence-electron chi connectivity index (χ1n) is 10.2. The summed E-state index contributed by atoms with van der Waals surface area (Å²) in [6, 6.07) is 5.35. The minimum absolute atomic E-state index is 0.328. The number of hydrogen-bond donors (Lipinski definition) is 2. The SMILES string of the molecule is CC(C)(O)Cc1cc2nc(N3CCN(Cc4cc(F)ccc4F)CC3)c(N)nc2cn1. The van der Waals surface area contributed by atoms with Crippen LogP contribution in [0.4, 0.5) is 20.4 Å². The molecule has 2 aromatic heterocycles. The maximum Gasteiger partial charge on any atom is 0.172 e. The first-order valence-corrected chi connectivity index (χ1v) is 10.2. The van der Waals surface area contributed by atoms with Crippen LogP contribution >= 0.6 is 0 Å². The maximum atomic E-state index is 13.9. The number of aromatic nitrogens is 3. The summed E-state index contributed by atoms with van der Waals surface area (Å²) in [5, 5.41) is 10.1. The number of halogens is 2. The van der Waals surface area contributed by atoms with Crippen molar-refractivity contribution in [3.05, 3.63) is 53.4 Å². The summed E-state index contributed by atoms with van der Waals surface area (Å²) < 4.78 is 27.4. The van der Waals surface area contributed by atoms with E-state index in [0.717, 1.165) is 17.8 Å². The number of nitrogens with two attached hydrogens (primary N) is 1. The Balaban J connectivity index is 1.49. The van der Waals surface area contributed by atoms with Gasteiger partial charge in [0.05, 0.1) is 17.3 Å². The molecule has 7 nitrogen and oxygen atoms in total. The molecule has 0 aliphatic carbocycles. The summed E-state index contributed by atoms with van der Waals surface area (Å²) in [5.74, 6) is 0.0929. The molecule has 1 aromatic carbocycles. The lowest BCUT2D eigenvalue weighted by molar-refractivity contribution is 0.0800. The average Bonchev–Trinajstić information content (AvgIpc) is 2.70. The van der Waals surface area contributed by atoms with Crippen molar-refractivity contribution in [3.8, 4) is 0 Å². The van der Waals surface area contributed by atoms with E-state index in [1.165, 1.54) is 6.07 Å². The maximum absolute atomic E-state index is 13.9. The number of fused-ring (bicyclic) bond motifs is 1. The third-order valence-electron chi connectivity index (χ3n) is 5.30. The highest BCUT2D eigenvalue weighted by atomic mass is 19.1. The number of rotatable bonds is 5. The molecule has 0 atom stereocenters. The molecule has 164 valence electrons. The van der Waals surface area contributed by atoms with Gasteiger partial charge in [-0.25, -0.2) is 18.7 Å². The second-order valence-electron chi connectivity index (χ2n) is 8.58. The smallest absolute Gasteiger partial charge is 0.172 e. The molecule has 0 amide bonds. The van der Waals surface area contributed by atoms with Crippen molar-refractivity contribution in [3.63, 3.8) is 0 Å². The fraction of sp³-hybridized carbons (Fsp3) is 0.409. The lowest BCUT2D eigenvalue weighted by Crippen LogP contribution is -2.46. The zero-order chi connectivity index (χ0) is 22.2. The van der Waals surface area contributed by atoms with E-state index in [4.69, 9.17) is 10.7 Å². The van der Waals surface area contributed by atoms with Gasteiger partial charge in [0.1, 0.15) is 17.2 Å². The number of piperazine rings is 1. The van der Waals surface area contributed by atoms with Gasteiger partial charge in [-0.15, -0.1) is 0 Å². The van der Waals surface area contributed by atoms with Gasteiger partial charge in [0.25, 0.3) is 0 Å². The van der Waals surface area contributed by atoms with Gasteiger partial charge < -0.3 is 15.7 Å². The van der Waals surface area contributed by atoms with Gasteiger partial charge in [-0.3, -0.25) is 9.88 Å². The first-order chi connectivity index (χ1) is 14.7. The molecule has 31 heavy (non-hydrogen) atoms. The molecule has 3 heterocycles. The van der Waals surface area contributed by atoms with E-state index >= 15 is 0 Å². The number of hydrogen-bond acceptors (Lipinski definition) is 7. The fourth-order valence-electron chi connectivity index (χ4n) is 3.80. The zero-order valence-corrected chi connectivity index (χ0v) is 17.6. The predicted molar refractivity (Wildman–Crippen MR) is 116 cm³/mol. The van der Waals surface area contributed by atoms with Crippen LogP contribution in [0.3, 0.4) is 0 Å². The fourth-order valence-corrected chi connectivity index (χ4v) is 3.80. The predicted octanol–water partition coefficient (Wildman–Crippen LogP) is 2.52. The molecule has 0 radical (unpaired) electrons. The molecule has 1 aliphatic heterocycles. The number of benzene rings is 1. The van der Waals surface area contributed by atoms with E-state index in [9.17, 15) is 13.9 Å². The van der Waals surface area contributed by atoms with Gasteiger partial charge in [-0.2, -0.15) is 0 Å². The van der Waals surface area contributed by atoms with Crippen LogP contribution in [0.25, 0.3) is 11.0 Å². The van der Waals surface area contributed by atoms with Crippen molar-refractivity contribution < 1.29 is 13.9 Å². The molecule has 0 unspecified atom stereocenters. The Bertz CT molecular complexity index is 1090. The summed E-state index contributed by atoms with van der Waals surface area (Å²) in [7, 11) is 0. The average molecular weight is 428 g/mol. The van der Waals surface area contributed by atoms with Gasteiger partial charge in [0.2, 0.25) is 0 Å². The second kappa shape index (κ2) is 8.32. The van der Waals surface area contributed by atoms with E-state index in [0.29, 0.717) is 67.4 Å². The van der Waals surface area contributed by atoms with Crippen LogP contribution in [0.1, 0.15) is 25.1 Å². The van der Waals surface area contributed by atoms with Crippen LogP contribution in [-0.2, 0) is 13.0 Å². The van der Waals surface area contributed by atoms with Crippen molar-refractivity contribution in [2.75, 3.05) is 36.8 Å². The van der Waals surface area contributed by atoms with Crippen LogP contribution in [0, 0.1) is 11.6 Å². The molecule has 0 saturated carbocycles. The molecule has 0 bridgehead atoms. The van der Waals surface area contributed by atoms with Crippen molar-refractivity contribution in [2.45, 2.75) is 32.4 Å². The molecule has 1 fully saturated rings. The van der Waals surface area contributed by atoms with Crippen LogP contribution in [0.2, 0.25) is 0 Å². The number of nitrogens with zero attached hydrogens (tertiary/aromatic N) is 5. The van der Waals surface area contributed by atoms with Crippen LogP contribution in [-0.4, -0.2) is 56.7 Å². The van der Waals surface area contributed by atoms with Gasteiger partial charge >= 0.3 is 0 Å². The van der Waals surface area contributed by atoms with E-state index in [-0.39, 0.29) is 0 Å². The van der Waals surface area contributed by atoms with Gasteiger partial charge in [0, 0.05) is 50.4 Å². The summed E-state index contributed by atoms with van der Waals surface area (Å²) in [5.41, 5.74) is 7.64. The summed E-state index contributed by atoms with van der Waals surface area (Å²) >= 11 is 0. The van der Waals surface area contributed by atoms with Crippen LogP contribution < -0.4 is 10.6 Å². The third kappa shape index (κ3) is 5.05. The van der Waals surface area contributed by atoms with Crippen LogP contribution in [0.5, 0.6) is 0 Å². The summed E-state index contributed by atoms with van der Waals surface area (Å²) in [6.07, 6.45) is 2.02. The van der Waals surface area contributed by atoms with Crippen molar-refractivity contribution in [1.29, 1.82) is 0 Å². The molecule has 1 aliphatic rings. The Labute approximate surface area is 179 Å². The number of nitrogen functional groups attached to an aromatic ring is 1. The lowest BCUT2D eigenvalue weighted by atomic mass is 10.0. The Hall–Kier alpha value is -2.91. The number of aliphatic hydroxyl groups is 1. The molecule has 1 saturated heterocycles. The highest BCUT2D eigenvalue weighted by molar-refractivity contribution is 5.79. The Morgan fingerprint density at radius 2 is 1.81 bits per heavy atom. The molecule has 9 heteroatoms. The quantitative estimate of drug-likeness (QED) is 0.645. The van der Waals surface area contributed by atoms with Crippen molar-refractivity contribution in [2.24, 2.45) is 0 Å². The highest BCUT2D eigenvalue weighted by Gasteiger charge is 2.22. The molecule has 3 N–H and O–H groups in total. The summed E-state index contributed by atoms with van der Waals surface area (Å²) in [4.78, 5) is 17.6. The van der Waals surface area contributed by atoms with E-state index in [1.807, 2.05) is 6.07 Å². The topological polar surface area (TPSA) is 91.4 Å². The standard InChI is InChI=1S/C22H26F2N6O/c1-22(2,31)11-16-10-18-19(12-26-16)27-20(25)21(28-18)30-7-5-29(6-8-30)13-14-9-15(23)3-4-17(14)24/h3-4,9-10,12,31H,5-8,11,13H2,1-2H3,(H2,25,27). The molecule has 0 spiro atoms.